The highest BCUT2D eigenvalue weighted by Crippen LogP contribution is 2.34. The molecule has 13 heteroatoms. The van der Waals surface area contributed by atoms with Gasteiger partial charge in [0.2, 0.25) is 5.91 Å². The lowest BCUT2D eigenvalue weighted by Crippen LogP contribution is -2.17. The van der Waals surface area contributed by atoms with Crippen LogP contribution in [-0.4, -0.2) is 51.6 Å². The monoisotopic (exact) mass is 550 g/mol. The molecule has 2 heterocycles. The number of esters is 2. The molecule has 0 bridgehead atoms. The van der Waals surface area contributed by atoms with Gasteiger partial charge in [-0.1, -0.05) is 11.8 Å². The predicted octanol–water partition coefficient (Wildman–Crippen LogP) is 4.47. The molecule has 37 heavy (non-hydrogen) atoms. The van der Waals surface area contributed by atoms with Crippen molar-refractivity contribution >= 4 is 45.9 Å². The van der Waals surface area contributed by atoms with Crippen LogP contribution in [0.2, 0.25) is 0 Å². The zero-order valence-corrected chi connectivity index (χ0v) is 22.5. The van der Waals surface area contributed by atoms with Gasteiger partial charge in [0.05, 0.1) is 24.5 Å². The van der Waals surface area contributed by atoms with Crippen molar-refractivity contribution in [2.75, 3.05) is 24.3 Å². The number of amides is 1. The maximum Gasteiger partial charge on any atom is 0.348 e. The van der Waals surface area contributed by atoms with Gasteiger partial charge >= 0.3 is 11.9 Å². The summed E-state index contributed by atoms with van der Waals surface area (Å²) in [6.07, 6.45) is 0. The van der Waals surface area contributed by atoms with Gasteiger partial charge in [-0.15, -0.1) is 21.5 Å². The minimum absolute atomic E-state index is 0.0229. The van der Waals surface area contributed by atoms with E-state index in [9.17, 15) is 18.8 Å². The number of benzene rings is 1. The van der Waals surface area contributed by atoms with Crippen LogP contribution in [-0.2, 0) is 27.4 Å². The number of hydrogen-bond acceptors (Lipinski definition) is 10. The molecule has 0 saturated carbocycles. The molecular weight excluding hydrogens is 523 g/mol. The molecule has 0 saturated heterocycles. The average molecular weight is 551 g/mol. The number of anilines is 1. The van der Waals surface area contributed by atoms with Gasteiger partial charge in [0.15, 0.2) is 11.0 Å². The van der Waals surface area contributed by atoms with E-state index in [4.69, 9.17) is 14.2 Å². The number of nitrogens with one attached hydrogen (secondary N) is 1. The van der Waals surface area contributed by atoms with Crippen molar-refractivity contribution in [3.05, 3.63) is 51.9 Å². The largest absolute Gasteiger partial charge is 0.486 e. The summed E-state index contributed by atoms with van der Waals surface area (Å²) < 4.78 is 30.7. The molecule has 0 aliphatic heterocycles. The Morgan fingerprint density at radius 3 is 2.38 bits per heavy atom. The predicted molar refractivity (Wildman–Crippen MR) is 137 cm³/mol. The van der Waals surface area contributed by atoms with E-state index in [1.54, 1.807) is 25.3 Å². The molecule has 0 aliphatic rings. The van der Waals surface area contributed by atoms with Gasteiger partial charge in [0.25, 0.3) is 0 Å². The highest BCUT2D eigenvalue weighted by atomic mass is 32.2. The average Bonchev–Trinajstić information content (AvgIpc) is 3.42. The molecule has 1 amide bonds. The van der Waals surface area contributed by atoms with Gasteiger partial charge in [-0.05, 0) is 57.5 Å². The first-order valence-electron chi connectivity index (χ1n) is 11.5. The summed E-state index contributed by atoms with van der Waals surface area (Å²) in [6, 6.07) is 5.65. The Morgan fingerprint density at radius 1 is 1.05 bits per heavy atom. The van der Waals surface area contributed by atoms with E-state index in [0.29, 0.717) is 28.8 Å². The quantitative estimate of drug-likeness (QED) is 0.257. The first-order valence-corrected chi connectivity index (χ1v) is 13.3. The minimum atomic E-state index is -0.633. The van der Waals surface area contributed by atoms with Gasteiger partial charge in [0, 0.05) is 6.54 Å². The van der Waals surface area contributed by atoms with Crippen molar-refractivity contribution in [2.45, 2.75) is 46.0 Å². The van der Waals surface area contributed by atoms with Crippen LogP contribution >= 0.6 is 23.1 Å². The van der Waals surface area contributed by atoms with E-state index in [2.05, 4.69) is 15.5 Å². The van der Waals surface area contributed by atoms with E-state index in [1.165, 1.54) is 24.3 Å². The minimum Gasteiger partial charge on any atom is -0.486 e. The lowest BCUT2D eigenvalue weighted by molar-refractivity contribution is -0.113. The fourth-order valence-electron chi connectivity index (χ4n) is 3.26. The van der Waals surface area contributed by atoms with Crippen LogP contribution in [0.3, 0.4) is 0 Å². The summed E-state index contributed by atoms with van der Waals surface area (Å²) in [4.78, 5) is 37.8. The van der Waals surface area contributed by atoms with Gasteiger partial charge in [-0.25, -0.2) is 14.0 Å². The highest BCUT2D eigenvalue weighted by Gasteiger charge is 2.27. The summed E-state index contributed by atoms with van der Waals surface area (Å²) >= 11 is 2.13. The second-order valence-electron chi connectivity index (χ2n) is 7.42. The molecule has 0 fully saturated rings. The molecule has 0 radical (unpaired) electrons. The lowest BCUT2D eigenvalue weighted by atomic mass is 10.1. The fraction of sp³-hybridized carbons (Fsp3) is 0.375. The van der Waals surface area contributed by atoms with E-state index in [-0.39, 0.29) is 46.8 Å². The van der Waals surface area contributed by atoms with Crippen LogP contribution in [0.1, 0.15) is 52.2 Å². The number of nitrogens with zero attached hydrogens (tertiary/aromatic N) is 3. The van der Waals surface area contributed by atoms with Crippen LogP contribution in [0.15, 0.2) is 29.4 Å². The third kappa shape index (κ3) is 7.07. The van der Waals surface area contributed by atoms with Crippen molar-refractivity contribution in [1.29, 1.82) is 0 Å². The van der Waals surface area contributed by atoms with Gasteiger partial charge in [-0.2, -0.15) is 0 Å². The van der Waals surface area contributed by atoms with Crippen molar-refractivity contribution in [3.63, 3.8) is 0 Å². The first-order chi connectivity index (χ1) is 17.8. The maximum absolute atomic E-state index is 13.1. The smallest absolute Gasteiger partial charge is 0.348 e. The maximum atomic E-state index is 13.1. The van der Waals surface area contributed by atoms with E-state index in [1.807, 2.05) is 6.92 Å². The second-order valence-corrected chi connectivity index (χ2v) is 9.39. The lowest BCUT2D eigenvalue weighted by Gasteiger charge is -2.09. The molecular formula is C24H27FN4O6S2. The number of carbonyl (C=O) groups is 3. The molecule has 198 valence electrons. The van der Waals surface area contributed by atoms with E-state index in [0.717, 1.165) is 23.1 Å². The van der Waals surface area contributed by atoms with Crippen molar-refractivity contribution in [2.24, 2.45) is 0 Å². The normalized spacial score (nSPS) is 10.7. The van der Waals surface area contributed by atoms with Crippen LogP contribution in [0.25, 0.3) is 0 Å². The zero-order valence-electron chi connectivity index (χ0n) is 20.8. The third-order valence-electron chi connectivity index (χ3n) is 4.96. The number of aromatic nitrogens is 3. The van der Waals surface area contributed by atoms with E-state index < -0.39 is 17.8 Å². The first kappa shape index (κ1) is 28.1. The fourth-order valence-corrected chi connectivity index (χ4v) is 5.19. The molecule has 2 aromatic heterocycles. The van der Waals surface area contributed by atoms with Gasteiger partial charge < -0.3 is 24.1 Å². The van der Waals surface area contributed by atoms with Crippen LogP contribution in [0.4, 0.5) is 9.39 Å². The molecule has 0 atom stereocenters. The second kappa shape index (κ2) is 13.2. The zero-order chi connectivity index (χ0) is 26.9. The molecule has 0 aliphatic carbocycles. The molecule has 3 rings (SSSR count). The number of carbonyl (C=O) groups excluding carboxylic acids is 3. The number of thiophene rings is 1. The Hall–Kier alpha value is -3.45. The van der Waals surface area contributed by atoms with Gasteiger partial charge in [0.1, 0.15) is 28.1 Å². The van der Waals surface area contributed by atoms with Gasteiger partial charge in [-0.3, -0.25) is 4.79 Å². The summed E-state index contributed by atoms with van der Waals surface area (Å²) in [7, 11) is 0. The van der Waals surface area contributed by atoms with Crippen LogP contribution < -0.4 is 10.1 Å². The van der Waals surface area contributed by atoms with E-state index >= 15 is 0 Å². The highest BCUT2D eigenvalue weighted by molar-refractivity contribution is 7.99. The number of halogens is 1. The molecule has 1 N–H and O–H groups in total. The Kier molecular flexibility index (Phi) is 10.0. The van der Waals surface area contributed by atoms with Crippen LogP contribution in [0.5, 0.6) is 5.75 Å². The SMILES string of the molecule is CCOC(=O)c1sc(NC(=O)CSc2nnc(COc3ccc(F)cc3)n2CC)c(C(=O)OCC)c1C. The summed E-state index contributed by atoms with van der Waals surface area (Å²) in [5.41, 5.74) is 0.520. The number of rotatable bonds is 12. The van der Waals surface area contributed by atoms with Crippen molar-refractivity contribution in [3.8, 4) is 5.75 Å². The molecule has 0 spiro atoms. The number of ether oxygens (including phenoxy) is 3. The Balaban J connectivity index is 1.68. The topological polar surface area (TPSA) is 122 Å². The molecule has 3 aromatic rings. The Bertz CT molecular complexity index is 1260. The molecule has 1 aromatic carbocycles. The summed E-state index contributed by atoms with van der Waals surface area (Å²) in [5, 5.41) is 11.7. The Morgan fingerprint density at radius 2 is 1.73 bits per heavy atom. The molecule has 10 nitrogen and oxygen atoms in total. The summed E-state index contributed by atoms with van der Waals surface area (Å²) in [5.74, 6) is -0.945. The summed E-state index contributed by atoms with van der Waals surface area (Å²) in [6.45, 7) is 7.85. The third-order valence-corrected chi connectivity index (χ3v) is 7.12. The molecule has 0 unspecified atom stereocenters. The van der Waals surface area contributed by atoms with Crippen molar-refractivity contribution in [1.82, 2.24) is 14.8 Å². The standard InChI is InChI=1S/C24H27FN4O6S2/c1-5-29-17(12-35-16-10-8-15(25)9-11-16)27-28-24(29)36-13-18(30)26-21-19(22(31)33-6-2)14(4)20(37-21)23(32)34-7-3/h8-11H,5-7,12-13H2,1-4H3,(H,26,30). The number of thioether (sulfide) groups is 1. The van der Waals surface area contributed by atoms with Crippen molar-refractivity contribution < 1.29 is 33.0 Å². The number of hydrogen-bond donors (Lipinski definition) is 1. The Labute approximate surface area is 221 Å². The van der Waals surface area contributed by atoms with Crippen LogP contribution in [0, 0.1) is 12.7 Å².